The van der Waals surface area contributed by atoms with Gasteiger partial charge in [-0.15, -0.1) is 0 Å². The maximum absolute atomic E-state index is 14.1. The molecule has 2 rings (SSSR count). The van der Waals surface area contributed by atoms with Crippen LogP contribution in [0.3, 0.4) is 0 Å². The van der Waals surface area contributed by atoms with Crippen molar-refractivity contribution >= 4 is 11.6 Å². The van der Waals surface area contributed by atoms with Crippen molar-refractivity contribution in [2.75, 3.05) is 7.05 Å². The molecule has 2 aromatic carbocycles. The zero-order valence-electron chi connectivity index (χ0n) is 11.6. The van der Waals surface area contributed by atoms with Crippen LogP contribution in [0, 0.1) is 18.6 Å². The van der Waals surface area contributed by atoms with E-state index in [0.717, 1.165) is 5.56 Å². The summed E-state index contributed by atoms with van der Waals surface area (Å²) >= 11 is 6.05. The fraction of sp³-hybridized carbons (Fsp3) is 0.250. The summed E-state index contributed by atoms with van der Waals surface area (Å²) < 4.78 is 27.5. The Balaban J connectivity index is 2.60. The van der Waals surface area contributed by atoms with Crippen LogP contribution in [0.25, 0.3) is 11.1 Å². The largest absolute Gasteiger partial charge is 0.313 e. The van der Waals surface area contributed by atoms with E-state index in [2.05, 4.69) is 5.32 Å². The molecule has 0 aliphatic carbocycles. The number of hydrogen-bond donors (Lipinski definition) is 1. The predicted octanol–water partition coefficient (Wildman–Crippen LogP) is 4.87. The first-order valence-corrected chi connectivity index (χ1v) is 6.74. The van der Waals surface area contributed by atoms with Crippen LogP contribution in [0.2, 0.25) is 5.02 Å². The van der Waals surface area contributed by atoms with Gasteiger partial charge in [0.1, 0.15) is 11.6 Å². The molecule has 4 heteroatoms. The smallest absolute Gasteiger partial charge is 0.131 e. The van der Waals surface area contributed by atoms with Crippen molar-refractivity contribution in [1.29, 1.82) is 0 Å². The highest BCUT2D eigenvalue weighted by atomic mass is 35.5. The van der Waals surface area contributed by atoms with Gasteiger partial charge in [0.05, 0.1) is 5.02 Å². The maximum atomic E-state index is 14.1. The monoisotopic (exact) mass is 295 g/mol. The van der Waals surface area contributed by atoms with E-state index in [1.807, 2.05) is 14.0 Å². The predicted molar refractivity (Wildman–Crippen MR) is 79.0 cm³/mol. The van der Waals surface area contributed by atoms with Crippen LogP contribution >= 0.6 is 11.6 Å². The summed E-state index contributed by atoms with van der Waals surface area (Å²) in [7, 11) is 1.84. The van der Waals surface area contributed by atoms with Crippen molar-refractivity contribution in [2.24, 2.45) is 0 Å². The highest BCUT2D eigenvalue weighted by Gasteiger charge is 2.14. The summed E-state index contributed by atoms with van der Waals surface area (Å²) in [5, 5.41) is 3.31. The lowest BCUT2D eigenvalue weighted by Gasteiger charge is -2.14. The SMILES string of the molecule is CNC(C)c1ccc(F)c(-c2cc(C)c(F)cc2Cl)c1. The molecule has 106 valence electrons. The minimum Gasteiger partial charge on any atom is -0.313 e. The first-order chi connectivity index (χ1) is 9.43. The topological polar surface area (TPSA) is 12.0 Å². The Hall–Kier alpha value is -1.45. The summed E-state index contributed by atoms with van der Waals surface area (Å²) in [6, 6.07) is 7.77. The molecule has 0 saturated heterocycles. The second kappa shape index (κ2) is 5.90. The standard InChI is InChI=1S/C16H16ClF2N/c1-9-6-12(14(17)8-16(9)19)13-7-11(10(2)20-3)4-5-15(13)18/h4-8,10,20H,1-3H3. The molecule has 0 heterocycles. The van der Waals surface area contributed by atoms with Gasteiger partial charge in [0, 0.05) is 17.2 Å². The van der Waals surface area contributed by atoms with Gasteiger partial charge in [-0.2, -0.15) is 0 Å². The highest BCUT2D eigenvalue weighted by molar-refractivity contribution is 6.33. The molecule has 0 bridgehead atoms. The summed E-state index contributed by atoms with van der Waals surface area (Å²) in [6.07, 6.45) is 0. The lowest BCUT2D eigenvalue weighted by Crippen LogP contribution is -2.12. The molecule has 0 fully saturated rings. The zero-order chi connectivity index (χ0) is 14.9. The van der Waals surface area contributed by atoms with Gasteiger partial charge in [-0.1, -0.05) is 17.7 Å². The third kappa shape index (κ3) is 2.84. The molecular weight excluding hydrogens is 280 g/mol. The molecule has 0 aromatic heterocycles. The number of rotatable bonds is 3. The fourth-order valence-electron chi connectivity index (χ4n) is 2.05. The second-order valence-corrected chi connectivity index (χ2v) is 5.24. The summed E-state index contributed by atoms with van der Waals surface area (Å²) in [5.41, 5.74) is 2.28. The maximum Gasteiger partial charge on any atom is 0.131 e. The third-order valence-electron chi connectivity index (χ3n) is 3.46. The van der Waals surface area contributed by atoms with E-state index in [1.54, 1.807) is 25.1 Å². The Morgan fingerprint density at radius 3 is 2.40 bits per heavy atom. The van der Waals surface area contributed by atoms with Crippen molar-refractivity contribution in [3.05, 3.63) is 58.1 Å². The number of nitrogens with one attached hydrogen (secondary N) is 1. The average Bonchev–Trinajstić information content (AvgIpc) is 2.43. The lowest BCUT2D eigenvalue weighted by molar-refractivity contribution is 0.616. The molecule has 20 heavy (non-hydrogen) atoms. The number of halogens is 3. The van der Waals surface area contributed by atoms with Crippen molar-refractivity contribution in [3.63, 3.8) is 0 Å². The zero-order valence-corrected chi connectivity index (χ0v) is 12.4. The molecule has 0 aliphatic heterocycles. The molecule has 0 spiro atoms. The summed E-state index contributed by atoms with van der Waals surface area (Å²) in [5.74, 6) is -0.760. The molecule has 0 amide bonds. The molecule has 1 unspecified atom stereocenters. The van der Waals surface area contributed by atoms with E-state index < -0.39 is 0 Å². The Morgan fingerprint density at radius 1 is 1.05 bits per heavy atom. The Kier molecular flexibility index (Phi) is 4.41. The normalized spacial score (nSPS) is 12.5. The quantitative estimate of drug-likeness (QED) is 0.851. The minimum atomic E-state index is -0.390. The van der Waals surface area contributed by atoms with Crippen LogP contribution in [0.1, 0.15) is 24.1 Å². The molecule has 0 aliphatic rings. The van der Waals surface area contributed by atoms with Gasteiger partial charge in [-0.3, -0.25) is 0 Å². The van der Waals surface area contributed by atoms with Gasteiger partial charge in [0.25, 0.3) is 0 Å². The van der Waals surface area contributed by atoms with Crippen LogP contribution in [-0.2, 0) is 0 Å². The van der Waals surface area contributed by atoms with Crippen molar-refractivity contribution in [2.45, 2.75) is 19.9 Å². The van der Waals surface area contributed by atoms with Gasteiger partial charge >= 0.3 is 0 Å². The Morgan fingerprint density at radius 2 is 1.75 bits per heavy atom. The van der Waals surface area contributed by atoms with Crippen LogP contribution in [0.4, 0.5) is 8.78 Å². The van der Waals surface area contributed by atoms with Crippen LogP contribution in [0.5, 0.6) is 0 Å². The van der Waals surface area contributed by atoms with Gasteiger partial charge in [0.15, 0.2) is 0 Å². The molecule has 2 aromatic rings. The van der Waals surface area contributed by atoms with E-state index in [1.165, 1.54) is 12.1 Å². The Labute approximate surface area is 122 Å². The fourth-order valence-corrected chi connectivity index (χ4v) is 2.30. The molecule has 1 atom stereocenters. The average molecular weight is 296 g/mol. The van der Waals surface area contributed by atoms with E-state index in [0.29, 0.717) is 16.7 Å². The van der Waals surface area contributed by atoms with Crippen LogP contribution in [0.15, 0.2) is 30.3 Å². The molecule has 1 N–H and O–H groups in total. The second-order valence-electron chi connectivity index (χ2n) is 4.83. The van der Waals surface area contributed by atoms with E-state index in [4.69, 9.17) is 11.6 Å². The minimum absolute atomic E-state index is 0.0923. The highest BCUT2D eigenvalue weighted by Crippen LogP contribution is 2.33. The molecule has 0 saturated carbocycles. The van der Waals surface area contributed by atoms with Crippen LogP contribution in [-0.4, -0.2) is 7.05 Å². The lowest BCUT2D eigenvalue weighted by atomic mass is 9.98. The van der Waals surface area contributed by atoms with E-state index in [9.17, 15) is 8.78 Å². The van der Waals surface area contributed by atoms with Gasteiger partial charge in [-0.05, 0) is 56.3 Å². The van der Waals surface area contributed by atoms with Gasteiger partial charge < -0.3 is 5.32 Å². The van der Waals surface area contributed by atoms with Crippen molar-refractivity contribution in [1.82, 2.24) is 5.32 Å². The van der Waals surface area contributed by atoms with Crippen molar-refractivity contribution in [3.8, 4) is 11.1 Å². The van der Waals surface area contributed by atoms with Gasteiger partial charge in [0.2, 0.25) is 0 Å². The molecule has 0 radical (unpaired) electrons. The molecular formula is C16H16ClF2N. The number of hydrogen-bond acceptors (Lipinski definition) is 1. The molecule has 1 nitrogen and oxygen atoms in total. The van der Waals surface area contributed by atoms with E-state index in [-0.39, 0.29) is 22.7 Å². The number of benzene rings is 2. The first-order valence-electron chi connectivity index (χ1n) is 6.36. The summed E-state index contributed by atoms with van der Waals surface area (Å²) in [6.45, 7) is 3.61. The van der Waals surface area contributed by atoms with Crippen LogP contribution < -0.4 is 5.32 Å². The first kappa shape index (κ1) is 14.9. The van der Waals surface area contributed by atoms with Gasteiger partial charge in [-0.25, -0.2) is 8.78 Å². The van der Waals surface area contributed by atoms with E-state index >= 15 is 0 Å². The Bertz CT molecular complexity index is 641. The summed E-state index contributed by atoms with van der Waals surface area (Å²) in [4.78, 5) is 0. The third-order valence-corrected chi connectivity index (χ3v) is 3.77. The number of aryl methyl sites for hydroxylation is 1. The van der Waals surface area contributed by atoms with Crippen molar-refractivity contribution < 1.29 is 8.78 Å².